The van der Waals surface area contributed by atoms with Gasteiger partial charge in [0.1, 0.15) is 0 Å². The van der Waals surface area contributed by atoms with E-state index in [-0.39, 0.29) is 11.5 Å². The van der Waals surface area contributed by atoms with Crippen LogP contribution in [0.15, 0.2) is 23.3 Å². The molecule has 2 aromatic rings. The molecule has 158 valence electrons. The van der Waals surface area contributed by atoms with E-state index in [1.807, 2.05) is 6.07 Å². The van der Waals surface area contributed by atoms with E-state index in [0.29, 0.717) is 41.3 Å². The molecule has 0 bridgehead atoms. The Hall–Kier alpha value is -1.73. The molecule has 1 aliphatic carbocycles. The summed E-state index contributed by atoms with van der Waals surface area (Å²) < 4.78 is 5.29. The average Bonchev–Trinajstić information content (AvgIpc) is 3.04. The summed E-state index contributed by atoms with van der Waals surface area (Å²) in [5, 5.41) is 14.4. The molecule has 0 amide bonds. The summed E-state index contributed by atoms with van der Waals surface area (Å²) >= 11 is 13.1. The van der Waals surface area contributed by atoms with Crippen molar-refractivity contribution in [3.05, 3.63) is 33.9 Å². The smallest absolute Gasteiger partial charge is 0.223 e. The number of fused-ring (bicyclic) bond motifs is 3. The Morgan fingerprint density at radius 1 is 1.23 bits per heavy atom. The summed E-state index contributed by atoms with van der Waals surface area (Å²) in [5.74, 6) is 0.429. The zero-order valence-electron chi connectivity index (χ0n) is 16.8. The van der Waals surface area contributed by atoms with Gasteiger partial charge in [0.25, 0.3) is 0 Å². The first-order valence-electron chi connectivity index (χ1n) is 10.4. The third-order valence-electron chi connectivity index (χ3n) is 6.54. The number of rotatable bonds is 3. The summed E-state index contributed by atoms with van der Waals surface area (Å²) in [6.07, 6.45) is 6.13. The molecule has 1 aromatic carbocycles. The number of nitrogens with zero attached hydrogens (tertiary/aromatic N) is 3. The van der Waals surface area contributed by atoms with E-state index in [4.69, 9.17) is 32.9 Å². The molecular weight excluding hydrogens is 423 g/mol. The van der Waals surface area contributed by atoms with Crippen LogP contribution in [0.2, 0.25) is 10.0 Å². The normalized spacial score (nSPS) is 27.9. The van der Waals surface area contributed by atoms with Crippen LogP contribution in [0, 0.1) is 0 Å². The molecule has 3 atom stereocenters. The van der Waals surface area contributed by atoms with Crippen LogP contribution < -0.4 is 5.32 Å². The Morgan fingerprint density at radius 3 is 2.93 bits per heavy atom. The number of aliphatic hydroxyl groups is 1. The maximum Gasteiger partial charge on any atom is 0.223 e. The molecule has 1 saturated carbocycles. The molecule has 0 spiro atoms. The molecule has 6 nitrogen and oxygen atoms in total. The van der Waals surface area contributed by atoms with Crippen LogP contribution >= 0.6 is 23.2 Å². The van der Waals surface area contributed by atoms with Crippen LogP contribution in [0.1, 0.15) is 44.6 Å². The fraction of sp³-hybridized carbons (Fsp3) is 0.500. The first-order valence-corrected chi connectivity index (χ1v) is 11.2. The molecule has 5 rings (SSSR count). The molecule has 8 heteroatoms. The Kier molecular flexibility index (Phi) is 5.22. The summed E-state index contributed by atoms with van der Waals surface area (Å²) in [6, 6.07) is 3.85. The van der Waals surface area contributed by atoms with Crippen LogP contribution in [-0.2, 0) is 10.2 Å². The number of aliphatic hydroxyl groups excluding tert-OH is 1. The van der Waals surface area contributed by atoms with E-state index in [2.05, 4.69) is 28.3 Å². The Labute approximate surface area is 185 Å². The highest BCUT2D eigenvalue weighted by Gasteiger charge is 2.41. The van der Waals surface area contributed by atoms with Crippen LogP contribution in [0.4, 0.5) is 11.6 Å². The number of aliphatic imine (C=N–C) groups is 1. The summed E-state index contributed by atoms with van der Waals surface area (Å²) in [6.45, 7) is 3.16. The average molecular weight is 447 g/mol. The number of aromatic nitrogens is 2. The molecule has 3 heterocycles. The van der Waals surface area contributed by atoms with E-state index in [1.165, 1.54) is 18.6 Å². The molecule has 30 heavy (non-hydrogen) atoms. The highest BCUT2D eigenvalue weighted by molar-refractivity contribution is 6.35. The van der Waals surface area contributed by atoms with Crippen molar-refractivity contribution in [2.24, 2.45) is 4.99 Å². The third kappa shape index (κ3) is 3.40. The molecule has 0 radical (unpaired) electrons. The molecule has 2 fully saturated rings. The lowest BCUT2D eigenvalue weighted by Crippen LogP contribution is -2.42. The van der Waals surface area contributed by atoms with Gasteiger partial charge in [0, 0.05) is 23.3 Å². The lowest BCUT2D eigenvalue weighted by molar-refractivity contribution is -0.0136. The van der Waals surface area contributed by atoms with E-state index in [0.717, 1.165) is 29.7 Å². The van der Waals surface area contributed by atoms with Crippen molar-refractivity contribution in [2.75, 3.05) is 18.5 Å². The number of nitrogens with one attached hydrogen (secondary N) is 1. The van der Waals surface area contributed by atoms with Gasteiger partial charge in [-0.3, -0.25) is 4.99 Å². The highest BCUT2D eigenvalue weighted by atomic mass is 35.5. The van der Waals surface area contributed by atoms with Crippen molar-refractivity contribution < 1.29 is 9.84 Å². The van der Waals surface area contributed by atoms with Crippen molar-refractivity contribution in [1.29, 1.82) is 0 Å². The van der Waals surface area contributed by atoms with Crippen molar-refractivity contribution >= 4 is 40.5 Å². The molecule has 1 unspecified atom stereocenters. The van der Waals surface area contributed by atoms with Crippen LogP contribution in [0.25, 0.3) is 11.3 Å². The zero-order chi connectivity index (χ0) is 20.9. The SMILES string of the molecule is CC12CCCCC1=Nc1c(Cl)cc(-c3nc(N[C@@H]4CCOC[C@H]4O)ncc3Cl)cc12. The third-order valence-corrected chi connectivity index (χ3v) is 7.10. The molecule has 2 N–H and O–H groups in total. The van der Waals surface area contributed by atoms with Gasteiger partial charge in [-0.15, -0.1) is 0 Å². The summed E-state index contributed by atoms with van der Waals surface area (Å²) in [4.78, 5) is 13.8. The van der Waals surface area contributed by atoms with E-state index < -0.39 is 6.10 Å². The second kappa shape index (κ2) is 7.75. The second-order valence-electron chi connectivity index (χ2n) is 8.52. The number of hydrogen-bond acceptors (Lipinski definition) is 6. The number of hydrogen-bond donors (Lipinski definition) is 2. The number of benzene rings is 1. The Balaban J connectivity index is 1.51. The van der Waals surface area contributed by atoms with Crippen molar-refractivity contribution in [1.82, 2.24) is 9.97 Å². The minimum Gasteiger partial charge on any atom is -0.389 e. The minimum absolute atomic E-state index is 0.0694. The quantitative estimate of drug-likeness (QED) is 0.698. The van der Waals surface area contributed by atoms with Gasteiger partial charge in [0.15, 0.2) is 0 Å². The first kappa shape index (κ1) is 20.2. The Bertz CT molecular complexity index is 1030. The summed E-state index contributed by atoms with van der Waals surface area (Å²) in [7, 11) is 0. The monoisotopic (exact) mass is 446 g/mol. The molecule has 1 saturated heterocycles. The fourth-order valence-electron chi connectivity index (χ4n) is 4.76. The van der Waals surface area contributed by atoms with Gasteiger partial charge in [0.2, 0.25) is 5.95 Å². The molecule has 1 aromatic heterocycles. The van der Waals surface area contributed by atoms with Gasteiger partial charge in [-0.1, -0.05) is 36.5 Å². The number of halogens is 2. The van der Waals surface area contributed by atoms with Gasteiger partial charge in [-0.2, -0.15) is 0 Å². The second-order valence-corrected chi connectivity index (χ2v) is 9.34. The van der Waals surface area contributed by atoms with Gasteiger partial charge in [-0.05, 0) is 43.4 Å². The van der Waals surface area contributed by atoms with Gasteiger partial charge in [0.05, 0.1) is 46.4 Å². The zero-order valence-corrected chi connectivity index (χ0v) is 18.3. The number of ether oxygens (including phenoxy) is 1. The lowest BCUT2D eigenvalue weighted by atomic mass is 9.70. The standard InChI is InChI=1S/C22H24Cl2N4O2/c1-22-6-3-2-4-18(22)27-20-13(22)8-12(9-14(20)23)19-15(24)10-25-21(28-19)26-16-5-7-30-11-17(16)29/h8-10,16-17,29H,2-7,11H2,1H3,(H,25,26,28)/t16-,17-,22?/m1/s1. The lowest BCUT2D eigenvalue weighted by Gasteiger charge is -2.32. The van der Waals surface area contributed by atoms with Crippen LogP contribution in [-0.4, -0.2) is 46.1 Å². The molecular formula is C22H24Cl2N4O2. The van der Waals surface area contributed by atoms with Crippen molar-refractivity contribution in [2.45, 2.75) is 56.6 Å². The predicted molar refractivity (Wildman–Crippen MR) is 119 cm³/mol. The predicted octanol–water partition coefficient (Wildman–Crippen LogP) is 4.93. The van der Waals surface area contributed by atoms with Gasteiger partial charge >= 0.3 is 0 Å². The van der Waals surface area contributed by atoms with Crippen LogP contribution in [0.3, 0.4) is 0 Å². The summed E-state index contributed by atoms with van der Waals surface area (Å²) in [5.41, 5.74) is 4.67. The van der Waals surface area contributed by atoms with Crippen molar-refractivity contribution in [3.63, 3.8) is 0 Å². The maximum atomic E-state index is 10.2. The fourth-order valence-corrected chi connectivity index (χ4v) is 5.22. The van der Waals surface area contributed by atoms with E-state index in [1.54, 1.807) is 6.20 Å². The van der Waals surface area contributed by atoms with E-state index in [9.17, 15) is 5.11 Å². The topological polar surface area (TPSA) is 79.6 Å². The van der Waals surface area contributed by atoms with Crippen LogP contribution in [0.5, 0.6) is 0 Å². The molecule has 3 aliphatic rings. The highest BCUT2D eigenvalue weighted by Crippen LogP contribution is 2.51. The minimum atomic E-state index is -0.599. The maximum absolute atomic E-state index is 10.2. The molecule has 2 aliphatic heterocycles. The van der Waals surface area contributed by atoms with Crippen molar-refractivity contribution in [3.8, 4) is 11.3 Å². The van der Waals surface area contributed by atoms with Gasteiger partial charge in [-0.25, -0.2) is 9.97 Å². The first-order chi connectivity index (χ1) is 14.5. The Morgan fingerprint density at radius 2 is 2.10 bits per heavy atom. The number of anilines is 1. The van der Waals surface area contributed by atoms with Gasteiger partial charge < -0.3 is 15.2 Å². The van der Waals surface area contributed by atoms with E-state index >= 15 is 0 Å². The largest absolute Gasteiger partial charge is 0.389 e.